The van der Waals surface area contributed by atoms with Crippen LogP contribution in [-0.2, 0) is 9.59 Å². The second kappa shape index (κ2) is 16.0. The van der Waals surface area contributed by atoms with Crippen LogP contribution in [0.15, 0.2) is 53.6 Å². The number of carbonyl (C=O) groups excluding carboxylic acids is 3. The van der Waals surface area contributed by atoms with E-state index in [2.05, 4.69) is 48.5 Å². The number of pyridine rings is 2. The van der Waals surface area contributed by atoms with Crippen molar-refractivity contribution in [2.75, 3.05) is 62.6 Å². The Morgan fingerprint density at radius 3 is 2.29 bits per heavy atom. The van der Waals surface area contributed by atoms with Gasteiger partial charge in [0.1, 0.15) is 11.5 Å². The van der Waals surface area contributed by atoms with Crippen LogP contribution in [-0.4, -0.2) is 99.3 Å². The third kappa shape index (κ3) is 7.90. The molecule has 1 aromatic carbocycles. The number of likely N-dealkylation sites (tertiary alicyclic amines) is 1. The van der Waals surface area contributed by atoms with Crippen molar-refractivity contribution in [3.8, 4) is 0 Å². The Morgan fingerprint density at radius 2 is 1.60 bits per heavy atom. The highest BCUT2D eigenvalue weighted by Crippen LogP contribution is 2.33. The normalized spacial score (nSPS) is 20.6. The Kier molecular flexibility index (Phi) is 10.7. The number of aromatic nitrogens is 4. The number of benzene rings is 1. The van der Waals surface area contributed by atoms with Gasteiger partial charge in [0.15, 0.2) is 5.78 Å². The number of piperazine rings is 1. The van der Waals surface area contributed by atoms with Gasteiger partial charge in [0.25, 0.3) is 5.56 Å². The minimum absolute atomic E-state index is 0.0289. The van der Waals surface area contributed by atoms with E-state index < -0.39 is 0 Å². The number of anilines is 3. The van der Waals surface area contributed by atoms with Crippen LogP contribution in [0.2, 0.25) is 0 Å². The van der Waals surface area contributed by atoms with Crippen LogP contribution >= 0.6 is 0 Å². The third-order valence-corrected chi connectivity index (χ3v) is 12.3. The highest BCUT2D eigenvalue weighted by Gasteiger charge is 2.29. The lowest BCUT2D eigenvalue weighted by molar-refractivity contribution is -0.134. The van der Waals surface area contributed by atoms with E-state index in [1.807, 2.05) is 24.4 Å². The number of imide groups is 1. The van der Waals surface area contributed by atoms with Gasteiger partial charge < -0.3 is 15.1 Å². The summed E-state index contributed by atoms with van der Waals surface area (Å²) in [5.41, 5.74) is 4.55. The van der Waals surface area contributed by atoms with Crippen molar-refractivity contribution in [1.82, 2.24) is 34.6 Å². The zero-order valence-corrected chi connectivity index (χ0v) is 31.9. The molecule has 0 radical (unpaired) electrons. The average Bonchev–Trinajstić information content (AvgIpc) is 3.72. The van der Waals surface area contributed by atoms with Gasteiger partial charge >= 0.3 is 0 Å². The first-order valence-corrected chi connectivity index (χ1v) is 20.0. The highest BCUT2D eigenvalue weighted by atomic mass is 16.2. The van der Waals surface area contributed by atoms with Gasteiger partial charge in [0, 0.05) is 75.2 Å². The standard InChI is InChI=1S/C42H51N9O4/c1-27-35-26-44-42(47-39(35)51(32-7-3-4-8-32)41(55)38(27)28(2)52)45-36-12-10-31(25-43-36)29-14-16-48(17-15-29)18-19-49-20-22-50(23-21-49)33-9-5-6-30(24-33)34-11-13-37(53)46-40(34)54/h5-6,9-10,12,24-26,29,32,34H,3-4,7-8,11,13-23H2,1-2H3,(H,46,53,54)(H,43,44,45,47). The SMILES string of the molecule is CC(=O)c1c(C)c2cnc(Nc3ccc(C4CCN(CCN5CCN(c6cccc(C7CCC(=O)NC7=O)c6)CC5)CC4)cn3)nc2n(C2CCCC2)c1=O. The number of carbonyl (C=O) groups is 3. The van der Waals surface area contributed by atoms with E-state index in [-0.39, 0.29) is 40.7 Å². The van der Waals surface area contributed by atoms with E-state index in [4.69, 9.17) is 9.97 Å². The molecule has 3 aliphatic heterocycles. The topological polar surface area (TPSA) is 146 Å². The van der Waals surface area contributed by atoms with Crippen molar-refractivity contribution >= 4 is 46.1 Å². The smallest absolute Gasteiger partial charge is 0.263 e. The van der Waals surface area contributed by atoms with Crippen LogP contribution in [0, 0.1) is 6.92 Å². The highest BCUT2D eigenvalue weighted by molar-refractivity contribution is 6.01. The van der Waals surface area contributed by atoms with E-state index in [9.17, 15) is 19.2 Å². The number of hydrogen-bond donors (Lipinski definition) is 2. The predicted molar refractivity (Wildman–Crippen MR) is 212 cm³/mol. The first-order valence-electron chi connectivity index (χ1n) is 20.0. The van der Waals surface area contributed by atoms with E-state index in [0.717, 1.165) is 108 Å². The van der Waals surface area contributed by atoms with Crippen LogP contribution in [0.5, 0.6) is 0 Å². The molecule has 55 heavy (non-hydrogen) atoms. The Morgan fingerprint density at radius 1 is 0.855 bits per heavy atom. The first kappa shape index (κ1) is 36.9. The lowest BCUT2D eigenvalue weighted by Gasteiger charge is -2.38. The maximum absolute atomic E-state index is 13.6. The second-order valence-electron chi connectivity index (χ2n) is 15.7. The molecule has 0 spiro atoms. The fourth-order valence-electron chi connectivity index (χ4n) is 9.10. The van der Waals surface area contributed by atoms with Gasteiger partial charge in [0.2, 0.25) is 17.8 Å². The minimum Gasteiger partial charge on any atom is -0.369 e. The molecule has 4 fully saturated rings. The number of fused-ring (bicyclic) bond motifs is 1. The van der Waals surface area contributed by atoms with Crippen molar-refractivity contribution in [2.24, 2.45) is 0 Å². The van der Waals surface area contributed by atoms with Crippen LogP contribution in [0.25, 0.3) is 11.0 Å². The van der Waals surface area contributed by atoms with Crippen molar-refractivity contribution in [2.45, 2.75) is 83.1 Å². The molecule has 3 aromatic heterocycles. The molecule has 288 valence electrons. The molecule has 13 heteroatoms. The lowest BCUT2D eigenvalue weighted by Crippen LogP contribution is -2.49. The van der Waals surface area contributed by atoms with Gasteiger partial charge in [-0.05, 0) is 99.8 Å². The van der Waals surface area contributed by atoms with Gasteiger partial charge in [-0.15, -0.1) is 0 Å². The number of hydrogen-bond acceptors (Lipinski definition) is 11. The molecule has 4 aromatic rings. The number of Topliss-reactive ketones (excluding diaryl/α,β-unsaturated/α-hetero) is 1. The van der Waals surface area contributed by atoms with Crippen molar-refractivity contribution in [1.29, 1.82) is 0 Å². The predicted octanol–water partition coefficient (Wildman–Crippen LogP) is 5.08. The average molecular weight is 746 g/mol. The van der Waals surface area contributed by atoms with Crippen LogP contribution in [0.3, 0.4) is 0 Å². The largest absolute Gasteiger partial charge is 0.369 e. The fourth-order valence-corrected chi connectivity index (χ4v) is 9.10. The summed E-state index contributed by atoms with van der Waals surface area (Å²) in [6.07, 6.45) is 10.7. The lowest BCUT2D eigenvalue weighted by atomic mass is 9.90. The Bertz CT molecular complexity index is 2130. The number of nitrogens with zero attached hydrogens (tertiary/aromatic N) is 7. The van der Waals surface area contributed by atoms with Crippen molar-refractivity contribution in [3.63, 3.8) is 0 Å². The maximum atomic E-state index is 13.6. The summed E-state index contributed by atoms with van der Waals surface area (Å²) < 4.78 is 1.73. The molecule has 8 rings (SSSR count). The molecule has 2 N–H and O–H groups in total. The van der Waals surface area contributed by atoms with Gasteiger partial charge in [-0.25, -0.2) is 9.97 Å². The zero-order chi connectivity index (χ0) is 38.1. The Labute approximate surface area is 321 Å². The van der Waals surface area contributed by atoms with E-state index in [1.165, 1.54) is 12.5 Å². The Hall–Kier alpha value is -5.01. The summed E-state index contributed by atoms with van der Waals surface area (Å²) in [6.45, 7) is 11.4. The molecule has 0 bridgehead atoms. The van der Waals surface area contributed by atoms with Crippen LogP contribution in [0.4, 0.5) is 17.5 Å². The number of ketones is 1. The summed E-state index contributed by atoms with van der Waals surface area (Å²) in [7, 11) is 0. The molecule has 4 aliphatic rings. The van der Waals surface area contributed by atoms with Gasteiger partial charge in [-0.3, -0.25) is 34.0 Å². The summed E-state index contributed by atoms with van der Waals surface area (Å²) >= 11 is 0. The molecule has 1 aliphatic carbocycles. The molecule has 6 heterocycles. The molecular formula is C42H51N9O4. The summed E-state index contributed by atoms with van der Waals surface area (Å²) in [5.74, 6) is 0.639. The Balaban J connectivity index is 0.818. The molecular weight excluding hydrogens is 695 g/mol. The first-order chi connectivity index (χ1) is 26.7. The minimum atomic E-state index is -0.258. The van der Waals surface area contributed by atoms with Crippen LogP contribution < -0.4 is 21.1 Å². The summed E-state index contributed by atoms with van der Waals surface area (Å²) in [5, 5.41) is 6.46. The van der Waals surface area contributed by atoms with Crippen molar-refractivity contribution < 1.29 is 14.4 Å². The molecule has 13 nitrogen and oxygen atoms in total. The second-order valence-corrected chi connectivity index (χ2v) is 15.7. The van der Waals surface area contributed by atoms with Crippen LogP contribution in [0.1, 0.15) is 103 Å². The van der Waals surface area contributed by atoms with Gasteiger partial charge in [0.05, 0.1) is 11.5 Å². The zero-order valence-electron chi connectivity index (χ0n) is 31.9. The monoisotopic (exact) mass is 745 g/mol. The molecule has 1 saturated carbocycles. The number of nitrogens with one attached hydrogen (secondary N) is 2. The molecule has 3 saturated heterocycles. The van der Waals surface area contributed by atoms with E-state index >= 15 is 0 Å². The molecule has 1 unspecified atom stereocenters. The number of aryl methyl sites for hydroxylation is 1. The molecule has 1 atom stereocenters. The summed E-state index contributed by atoms with van der Waals surface area (Å²) in [4.78, 5) is 71.7. The van der Waals surface area contributed by atoms with Gasteiger partial charge in [-0.2, -0.15) is 4.98 Å². The van der Waals surface area contributed by atoms with Crippen molar-refractivity contribution in [3.05, 3.63) is 81.4 Å². The third-order valence-electron chi connectivity index (χ3n) is 12.3. The number of amides is 2. The van der Waals surface area contributed by atoms with E-state index in [1.54, 1.807) is 17.7 Å². The fraction of sp³-hybridized carbons (Fsp3) is 0.500. The quantitative estimate of drug-likeness (QED) is 0.166. The molecule has 2 amide bonds. The number of piperidine rings is 2. The maximum Gasteiger partial charge on any atom is 0.263 e. The van der Waals surface area contributed by atoms with Gasteiger partial charge in [-0.1, -0.05) is 31.0 Å². The van der Waals surface area contributed by atoms with E-state index in [0.29, 0.717) is 41.7 Å². The summed E-state index contributed by atoms with van der Waals surface area (Å²) in [6, 6.07) is 12.4. The number of rotatable bonds is 10.